The maximum absolute atomic E-state index is 13.5. The van der Waals surface area contributed by atoms with Crippen molar-refractivity contribution >= 4 is 17.2 Å². The van der Waals surface area contributed by atoms with Crippen LogP contribution in [0.25, 0.3) is 0 Å². The van der Waals surface area contributed by atoms with Gasteiger partial charge in [-0.1, -0.05) is 36.4 Å². The number of rotatable bonds is 4. The largest absolute Gasteiger partial charge is 0.341 e. The molecule has 2 atom stereocenters. The van der Waals surface area contributed by atoms with Crippen molar-refractivity contribution in [2.45, 2.75) is 44.2 Å². The molecule has 0 spiro atoms. The standard InChI is InChI=1S/C21H26N2OS/c24-21(22-13-5-2-6-14-22)20(17-9-3-1-4-10-17)23-15-7-11-18(23)19-12-8-16-25-19/h1,3-4,8-10,12,16,18,20H,2,5-7,11,13-15H2. The first-order chi connectivity index (χ1) is 12.3. The molecule has 3 heterocycles. The highest BCUT2D eigenvalue weighted by Crippen LogP contribution is 2.41. The number of hydrogen-bond donors (Lipinski definition) is 0. The highest BCUT2D eigenvalue weighted by molar-refractivity contribution is 7.10. The van der Waals surface area contributed by atoms with E-state index in [9.17, 15) is 4.79 Å². The summed E-state index contributed by atoms with van der Waals surface area (Å²) in [6.07, 6.45) is 5.85. The first kappa shape index (κ1) is 16.8. The van der Waals surface area contributed by atoms with Gasteiger partial charge in [-0.15, -0.1) is 11.3 Å². The molecule has 0 N–H and O–H groups in total. The van der Waals surface area contributed by atoms with E-state index >= 15 is 0 Å². The summed E-state index contributed by atoms with van der Waals surface area (Å²) in [5.41, 5.74) is 1.14. The molecule has 2 aromatic rings. The maximum Gasteiger partial charge on any atom is 0.244 e. The lowest BCUT2D eigenvalue weighted by molar-refractivity contribution is -0.138. The van der Waals surface area contributed by atoms with Gasteiger partial charge in [0, 0.05) is 24.0 Å². The van der Waals surface area contributed by atoms with Crippen molar-refractivity contribution < 1.29 is 4.79 Å². The molecule has 1 amide bonds. The number of amides is 1. The number of thiophene rings is 1. The van der Waals surface area contributed by atoms with Crippen molar-refractivity contribution in [1.82, 2.24) is 9.80 Å². The molecule has 132 valence electrons. The van der Waals surface area contributed by atoms with E-state index in [0.717, 1.165) is 44.5 Å². The van der Waals surface area contributed by atoms with Gasteiger partial charge in [0.1, 0.15) is 6.04 Å². The fourth-order valence-electron chi connectivity index (χ4n) is 4.28. The van der Waals surface area contributed by atoms with E-state index in [1.165, 1.54) is 17.7 Å². The van der Waals surface area contributed by atoms with Crippen LogP contribution in [-0.2, 0) is 4.79 Å². The van der Waals surface area contributed by atoms with Crippen LogP contribution in [0, 0.1) is 0 Å². The second kappa shape index (κ2) is 7.71. The molecule has 0 saturated carbocycles. The third kappa shape index (κ3) is 3.51. The minimum Gasteiger partial charge on any atom is -0.341 e. The van der Waals surface area contributed by atoms with Crippen molar-refractivity contribution in [1.29, 1.82) is 0 Å². The predicted molar refractivity (Wildman–Crippen MR) is 103 cm³/mol. The number of likely N-dealkylation sites (tertiary alicyclic amines) is 2. The SMILES string of the molecule is O=C(C(c1ccccc1)N1CCCC1c1cccs1)N1CCCCC1. The Kier molecular flexibility index (Phi) is 5.18. The second-order valence-corrected chi connectivity index (χ2v) is 8.09. The van der Waals surface area contributed by atoms with Crippen molar-refractivity contribution in [2.24, 2.45) is 0 Å². The summed E-state index contributed by atoms with van der Waals surface area (Å²) in [6.45, 7) is 2.83. The van der Waals surface area contributed by atoms with E-state index in [4.69, 9.17) is 0 Å². The fourth-order valence-corrected chi connectivity index (χ4v) is 5.16. The summed E-state index contributed by atoms with van der Waals surface area (Å²) < 4.78 is 0. The van der Waals surface area contributed by atoms with E-state index in [1.54, 1.807) is 0 Å². The molecule has 0 bridgehead atoms. The summed E-state index contributed by atoms with van der Waals surface area (Å²) in [5, 5.41) is 2.15. The lowest BCUT2D eigenvalue weighted by Gasteiger charge is -2.37. The van der Waals surface area contributed by atoms with E-state index < -0.39 is 0 Å². The Hall–Kier alpha value is -1.65. The molecule has 2 aliphatic rings. The van der Waals surface area contributed by atoms with Crippen LogP contribution in [0.2, 0.25) is 0 Å². The van der Waals surface area contributed by atoms with Crippen molar-refractivity contribution in [3.8, 4) is 0 Å². The average molecular weight is 355 g/mol. The van der Waals surface area contributed by atoms with Crippen LogP contribution in [0.4, 0.5) is 0 Å². The molecule has 2 saturated heterocycles. The summed E-state index contributed by atoms with van der Waals surface area (Å²) in [6, 6.07) is 15.0. The Morgan fingerprint density at radius 3 is 2.48 bits per heavy atom. The van der Waals surface area contributed by atoms with Crippen LogP contribution in [0.15, 0.2) is 47.8 Å². The lowest BCUT2D eigenvalue weighted by Crippen LogP contribution is -2.44. The molecular formula is C21H26N2OS. The van der Waals surface area contributed by atoms with Gasteiger partial charge in [-0.2, -0.15) is 0 Å². The zero-order valence-corrected chi connectivity index (χ0v) is 15.5. The number of carbonyl (C=O) groups is 1. The highest BCUT2D eigenvalue weighted by Gasteiger charge is 2.38. The number of benzene rings is 1. The van der Waals surface area contributed by atoms with E-state index in [2.05, 4.69) is 51.6 Å². The van der Waals surface area contributed by atoms with Gasteiger partial charge in [-0.25, -0.2) is 0 Å². The Morgan fingerprint density at radius 1 is 0.960 bits per heavy atom. The van der Waals surface area contributed by atoms with Crippen LogP contribution in [0.5, 0.6) is 0 Å². The van der Waals surface area contributed by atoms with Crippen molar-refractivity contribution in [3.63, 3.8) is 0 Å². The number of carbonyl (C=O) groups excluding carboxylic acids is 1. The van der Waals surface area contributed by atoms with Gasteiger partial charge in [-0.05, 0) is 55.7 Å². The Bertz CT molecular complexity index is 679. The molecule has 0 aliphatic carbocycles. The zero-order chi connectivity index (χ0) is 17.1. The first-order valence-electron chi connectivity index (χ1n) is 9.47. The molecular weight excluding hydrogens is 328 g/mol. The monoisotopic (exact) mass is 354 g/mol. The molecule has 2 aliphatic heterocycles. The average Bonchev–Trinajstić information content (AvgIpc) is 3.35. The van der Waals surface area contributed by atoms with Gasteiger partial charge in [0.15, 0.2) is 0 Å². The molecule has 2 unspecified atom stereocenters. The summed E-state index contributed by atoms with van der Waals surface area (Å²) >= 11 is 1.82. The lowest BCUT2D eigenvalue weighted by atomic mass is 10.0. The Labute approximate surface area is 154 Å². The zero-order valence-electron chi connectivity index (χ0n) is 14.6. The minimum atomic E-state index is -0.145. The van der Waals surface area contributed by atoms with Gasteiger partial charge in [0.25, 0.3) is 0 Å². The molecule has 1 aromatic carbocycles. The first-order valence-corrected chi connectivity index (χ1v) is 10.4. The quantitative estimate of drug-likeness (QED) is 0.798. The van der Waals surface area contributed by atoms with Gasteiger partial charge in [0.05, 0.1) is 0 Å². The Balaban J connectivity index is 1.66. The van der Waals surface area contributed by atoms with Crippen LogP contribution in [0.3, 0.4) is 0 Å². The molecule has 2 fully saturated rings. The van der Waals surface area contributed by atoms with Gasteiger partial charge in [-0.3, -0.25) is 9.69 Å². The Morgan fingerprint density at radius 2 is 1.76 bits per heavy atom. The number of piperidine rings is 1. The van der Waals surface area contributed by atoms with E-state index in [1.807, 2.05) is 17.4 Å². The molecule has 1 aromatic heterocycles. The van der Waals surface area contributed by atoms with Gasteiger partial charge in [0.2, 0.25) is 5.91 Å². The van der Waals surface area contributed by atoms with Crippen LogP contribution in [0.1, 0.15) is 54.6 Å². The molecule has 3 nitrogen and oxygen atoms in total. The topological polar surface area (TPSA) is 23.6 Å². The number of nitrogens with zero attached hydrogens (tertiary/aromatic N) is 2. The smallest absolute Gasteiger partial charge is 0.244 e. The van der Waals surface area contributed by atoms with Crippen LogP contribution < -0.4 is 0 Å². The van der Waals surface area contributed by atoms with Gasteiger partial charge < -0.3 is 4.90 Å². The summed E-state index contributed by atoms with van der Waals surface area (Å²) in [7, 11) is 0. The van der Waals surface area contributed by atoms with Crippen LogP contribution in [-0.4, -0.2) is 35.3 Å². The van der Waals surface area contributed by atoms with Gasteiger partial charge >= 0.3 is 0 Å². The minimum absolute atomic E-state index is 0.145. The molecule has 0 radical (unpaired) electrons. The molecule has 4 rings (SSSR count). The fraction of sp³-hybridized carbons (Fsp3) is 0.476. The summed E-state index contributed by atoms with van der Waals surface area (Å²) in [4.78, 5) is 19.4. The van der Waals surface area contributed by atoms with Crippen LogP contribution >= 0.6 is 11.3 Å². The summed E-state index contributed by atoms with van der Waals surface area (Å²) in [5.74, 6) is 0.300. The number of hydrogen-bond acceptors (Lipinski definition) is 3. The van der Waals surface area contributed by atoms with Crippen molar-refractivity contribution in [3.05, 3.63) is 58.3 Å². The maximum atomic E-state index is 13.5. The normalized spacial score (nSPS) is 22.9. The molecule has 25 heavy (non-hydrogen) atoms. The van der Waals surface area contributed by atoms with E-state index in [0.29, 0.717) is 11.9 Å². The van der Waals surface area contributed by atoms with E-state index in [-0.39, 0.29) is 6.04 Å². The predicted octanol–water partition coefficient (Wildman–Crippen LogP) is 4.64. The third-order valence-electron chi connectivity index (χ3n) is 5.51. The molecule has 4 heteroatoms. The third-order valence-corrected chi connectivity index (χ3v) is 6.49. The second-order valence-electron chi connectivity index (χ2n) is 7.11. The van der Waals surface area contributed by atoms with Crippen molar-refractivity contribution in [2.75, 3.05) is 19.6 Å². The highest BCUT2D eigenvalue weighted by atomic mass is 32.1.